The molecule has 0 fully saturated rings. The number of H-pyrrole nitrogens is 1. The maximum Gasteiger partial charge on any atom is 0.227 e. The molecule has 158 valence electrons. The van der Waals surface area contributed by atoms with Crippen LogP contribution in [0.5, 0.6) is 0 Å². The molecule has 1 aromatic carbocycles. The number of aryl methyl sites for hydroxylation is 1. The first-order chi connectivity index (χ1) is 15.7. The Balaban J connectivity index is 1.28. The van der Waals surface area contributed by atoms with Crippen molar-refractivity contribution >= 4 is 55.6 Å². The molecule has 0 spiro atoms. The molecule has 0 saturated carbocycles. The number of aromatic amines is 1. The zero-order valence-corrected chi connectivity index (χ0v) is 17.8. The Morgan fingerprint density at radius 3 is 2.94 bits per heavy atom. The van der Waals surface area contributed by atoms with E-state index in [1.807, 2.05) is 18.2 Å². The standard InChI is InChI=1S/C23H19N7OS/c31-22(29-15-5-7-24-8-6-15)13-1-3-17-19(10-13)32-23-20(17)21(25-12-26-23)28-16-2-4-18-14(9-16)11-27-30-18/h2,4-9,11-13H,1,3,10H2,(H,27,30)(H,24,29,31)(H,25,26,28). The van der Waals surface area contributed by atoms with Crippen LogP contribution in [0.4, 0.5) is 17.2 Å². The minimum atomic E-state index is -0.0587. The first-order valence-electron chi connectivity index (χ1n) is 10.4. The highest BCUT2D eigenvalue weighted by Crippen LogP contribution is 2.40. The number of nitrogens with zero attached hydrogens (tertiary/aromatic N) is 4. The number of hydrogen-bond donors (Lipinski definition) is 3. The highest BCUT2D eigenvalue weighted by molar-refractivity contribution is 7.19. The number of rotatable bonds is 4. The second-order valence-electron chi connectivity index (χ2n) is 7.87. The number of benzene rings is 1. The monoisotopic (exact) mass is 441 g/mol. The predicted molar refractivity (Wildman–Crippen MR) is 125 cm³/mol. The fourth-order valence-corrected chi connectivity index (χ4v) is 5.53. The van der Waals surface area contributed by atoms with Crippen molar-refractivity contribution in [2.24, 2.45) is 5.92 Å². The molecule has 9 heteroatoms. The normalized spacial score (nSPS) is 15.6. The Morgan fingerprint density at radius 1 is 1.12 bits per heavy atom. The molecular weight excluding hydrogens is 422 g/mol. The topological polar surface area (TPSA) is 108 Å². The maximum absolute atomic E-state index is 12.8. The van der Waals surface area contributed by atoms with Crippen LogP contribution in [0, 0.1) is 5.92 Å². The highest BCUT2D eigenvalue weighted by Gasteiger charge is 2.29. The lowest BCUT2D eigenvalue weighted by molar-refractivity contribution is -0.120. The molecule has 5 aromatic rings. The third-order valence-electron chi connectivity index (χ3n) is 5.87. The first kappa shape index (κ1) is 18.9. The van der Waals surface area contributed by atoms with E-state index in [9.17, 15) is 4.79 Å². The number of thiophene rings is 1. The van der Waals surface area contributed by atoms with Gasteiger partial charge in [-0.1, -0.05) is 0 Å². The van der Waals surface area contributed by atoms with Crippen LogP contribution in [0.1, 0.15) is 16.9 Å². The van der Waals surface area contributed by atoms with Crippen LogP contribution in [-0.2, 0) is 17.6 Å². The van der Waals surface area contributed by atoms with Crippen LogP contribution < -0.4 is 10.6 Å². The van der Waals surface area contributed by atoms with Gasteiger partial charge in [0.15, 0.2) is 0 Å². The van der Waals surface area contributed by atoms with Gasteiger partial charge in [0.1, 0.15) is 17.0 Å². The van der Waals surface area contributed by atoms with Gasteiger partial charge in [-0.15, -0.1) is 11.3 Å². The zero-order valence-electron chi connectivity index (χ0n) is 17.0. The van der Waals surface area contributed by atoms with E-state index < -0.39 is 0 Å². The Labute approximate surface area is 187 Å². The van der Waals surface area contributed by atoms with Gasteiger partial charge >= 0.3 is 0 Å². The molecule has 4 heterocycles. The van der Waals surface area contributed by atoms with Gasteiger partial charge in [-0.05, 0) is 55.2 Å². The van der Waals surface area contributed by atoms with Gasteiger partial charge in [0, 0.05) is 39.9 Å². The highest BCUT2D eigenvalue weighted by atomic mass is 32.1. The van der Waals surface area contributed by atoms with E-state index in [1.165, 1.54) is 10.4 Å². The minimum Gasteiger partial charge on any atom is -0.340 e. The number of carbonyl (C=O) groups excluding carboxylic acids is 1. The van der Waals surface area contributed by atoms with Gasteiger partial charge in [-0.25, -0.2) is 9.97 Å². The van der Waals surface area contributed by atoms with Crippen molar-refractivity contribution in [1.82, 2.24) is 25.1 Å². The van der Waals surface area contributed by atoms with Crippen molar-refractivity contribution in [3.8, 4) is 0 Å². The molecule has 3 N–H and O–H groups in total. The Morgan fingerprint density at radius 2 is 2.03 bits per heavy atom. The molecule has 1 aliphatic carbocycles. The van der Waals surface area contributed by atoms with E-state index in [1.54, 1.807) is 48.4 Å². The average molecular weight is 442 g/mol. The number of anilines is 3. The summed E-state index contributed by atoms with van der Waals surface area (Å²) >= 11 is 1.66. The van der Waals surface area contributed by atoms with E-state index in [0.29, 0.717) is 6.42 Å². The van der Waals surface area contributed by atoms with Crippen LogP contribution in [0.25, 0.3) is 21.1 Å². The van der Waals surface area contributed by atoms with E-state index in [-0.39, 0.29) is 11.8 Å². The fourth-order valence-electron chi connectivity index (χ4n) is 4.27. The smallest absolute Gasteiger partial charge is 0.227 e. The molecule has 0 radical (unpaired) electrons. The van der Waals surface area contributed by atoms with Crippen LogP contribution in [0.15, 0.2) is 55.2 Å². The quantitative estimate of drug-likeness (QED) is 0.380. The van der Waals surface area contributed by atoms with Crippen LogP contribution in [-0.4, -0.2) is 31.1 Å². The van der Waals surface area contributed by atoms with Gasteiger partial charge in [0.05, 0.1) is 17.1 Å². The maximum atomic E-state index is 12.8. The van der Waals surface area contributed by atoms with Crippen molar-refractivity contribution in [2.45, 2.75) is 19.3 Å². The lowest BCUT2D eigenvalue weighted by Crippen LogP contribution is -2.27. The van der Waals surface area contributed by atoms with E-state index in [2.05, 4.69) is 35.8 Å². The van der Waals surface area contributed by atoms with E-state index in [4.69, 9.17) is 0 Å². The Kier molecular flexibility index (Phi) is 4.53. The van der Waals surface area contributed by atoms with Crippen molar-refractivity contribution < 1.29 is 4.79 Å². The minimum absolute atomic E-state index is 0.0529. The molecule has 1 atom stereocenters. The van der Waals surface area contributed by atoms with Gasteiger partial charge in [0.2, 0.25) is 5.91 Å². The van der Waals surface area contributed by atoms with E-state index in [0.717, 1.165) is 51.2 Å². The lowest BCUT2D eigenvalue weighted by atomic mass is 9.87. The van der Waals surface area contributed by atoms with Crippen LogP contribution in [0.3, 0.4) is 0 Å². The van der Waals surface area contributed by atoms with Crippen molar-refractivity contribution in [3.05, 3.63) is 65.7 Å². The second-order valence-corrected chi connectivity index (χ2v) is 8.95. The van der Waals surface area contributed by atoms with Gasteiger partial charge < -0.3 is 10.6 Å². The first-order valence-corrected chi connectivity index (χ1v) is 11.2. The molecule has 1 amide bonds. The summed E-state index contributed by atoms with van der Waals surface area (Å²) in [6.45, 7) is 0. The largest absolute Gasteiger partial charge is 0.340 e. The summed E-state index contributed by atoms with van der Waals surface area (Å²) in [6.07, 6.45) is 9.10. The predicted octanol–water partition coefficient (Wildman–Crippen LogP) is 4.45. The molecule has 0 saturated heterocycles. The summed E-state index contributed by atoms with van der Waals surface area (Å²) in [7, 11) is 0. The third-order valence-corrected chi connectivity index (χ3v) is 7.03. The average Bonchev–Trinajstić information content (AvgIpc) is 3.43. The number of carbonyl (C=O) groups is 1. The molecule has 0 aliphatic heterocycles. The molecule has 1 aliphatic rings. The second kappa shape index (κ2) is 7.69. The molecule has 6 rings (SSSR count). The van der Waals surface area contributed by atoms with Crippen LogP contribution >= 0.6 is 11.3 Å². The summed E-state index contributed by atoms with van der Waals surface area (Å²) in [5, 5.41) is 15.6. The van der Waals surface area contributed by atoms with Crippen LogP contribution in [0.2, 0.25) is 0 Å². The van der Waals surface area contributed by atoms with Gasteiger partial charge in [-0.3, -0.25) is 14.9 Å². The van der Waals surface area contributed by atoms with Crippen molar-refractivity contribution in [1.29, 1.82) is 0 Å². The van der Waals surface area contributed by atoms with Crippen molar-refractivity contribution in [2.75, 3.05) is 10.6 Å². The number of pyridine rings is 1. The van der Waals surface area contributed by atoms with Gasteiger partial charge in [0.25, 0.3) is 0 Å². The summed E-state index contributed by atoms with van der Waals surface area (Å²) in [4.78, 5) is 28.0. The SMILES string of the molecule is O=C(Nc1ccncc1)C1CCc2c(sc3ncnc(Nc4ccc5[nH]ncc5c4)c23)C1. The number of hydrogen-bond acceptors (Lipinski definition) is 7. The number of fused-ring (bicyclic) bond motifs is 4. The zero-order chi connectivity index (χ0) is 21.5. The number of amides is 1. The molecule has 8 nitrogen and oxygen atoms in total. The lowest BCUT2D eigenvalue weighted by Gasteiger charge is -2.21. The fraction of sp³-hybridized carbons (Fsp3) is 0.174. The summed E-state index contributed by atoms with van der Waals surface area (Å²) in [5.41, 5.74) is 3.97. The van der Waals surface area contributed by atoms with E-state index >= 15 is 0 Å². The third kappa shape index (κ3) is 3.36. The number of nitrogens with one attached hydrogen (secondary N) is 3. The van der Waals surface area contributed by atoms with Crippen molar-refractivity contribution in [3.63, 3.8) is 0 Å². The number of aromatic nitrogens is 5. The summed E-state index contributed by atoms with van der Waals surface area (Å²) in [5.74, 6) is 0.795. The molecular formula is C23H19N7OS. The summed E-state index contributed by atoms with van der Waals surface area (Å²) < 4.78 is 0. The molecule has 4 aromatic heterocycles. The summed E-state index contributed by atoms with van der Waals surface area (Å²) in [6, 6.07) is 9.66. The Hall–Kier alpha value is -3.85. The van der Waals surface area contributed by atoms with Gasteiger partial charge in [-0.2, -0.15) is 5.10 Å². The molecule has 0 bridgehead atoms. The molecule has 32 heavy (non-hydrogen) atoms. The molecule has 1 unspecified atom stereocenters. The Bertz CT molecular complexity index is 1440.